The molecule has 5 nitrogen and oxygen atoms in total. The number of hydrogen-bond acceptors (Lipinski definition) is 4. The van der Waals surface area contributed by atoms with Gasteiger partial charge in [-0.15, -0.1) is 0 Å². The Bertz CT molecular complexity index is 513. The second-order valence-corrected chi connectivity index (χ2v) is 7.51. The Morgan fingerprint density at radius 3 is 2.71 bits per heavy atom. The highest BCUT2D eigenvalue weighted by Crippen LogP contribution is 2.18. The number of ether oxygens (including phenoxy) is 1. The number of amides is 1. The lowest BCUT2D eigenvalue weighted by Gasteiger charge is -2.29. The van der Waals surface area contributed by atoms with Crippen LogP contribution >= 0.6 is 0 Å². The van der Waals surface area contributed by atoms with E-state index < -0.39 is 5.60 Å². The van der Waals surface area contributed by atoms with Crippen molar-refractivity contribution in [3.05, 3.63) is 35.9 Å². The number of rotatable bonds is 6. The molecule has 0 radical (unpaired) electrons. The molecule has 134 valence electrons. The van der Waals surface area contributed by atoms with Gasteiger partial charge in [0.05, 0.1) is 6.61 Å². The van der Waals surface area contributed by atoms with Crippen LogP contribution in [-0.4, -0.2) is 53.5 Å². The maximum absolute atomic E-state index is 12.2. The molecule has 24 heavy (non-hydrogen) atoms. The molecule has 1 aromatic rings. The summed E-state index contributed by atoms with van der Waals surface area (Å²) < 4.78 is 5.41. The van der Waals surface area contributed by atoms with E-state index in [1.165, 1.54) is 5.56 Å². The van der Waals surface area contributed by atoms with E-state index in [1.54, 1.807) is 0 Å². The molecule has 1 amide bonds. The van der Waals surface area contributed by atoms with Crippen LogP contribution in [0.15, 0.2) is 30.3 Å². The number of nitrogens with one attached hydrogen (secondary N) is 1. The summed E-state index contributed by atoms with van der Waals surface area (Å²) in [7, 11) is 0. The normalized spacial score (nSPS) is 19.9. The van der Waals surface area contributed by atoms with Crippen LogP contribution in [0.3, 0.4) is 0 Å². The van der Waals surface area contributed by atoms with Gasteiger partial charge >= 0.3 is 6.09 Å². The molecule has 1 saturated heterocycles. The Labute approximate surface area is 145 Å². The van der Waals surface area contributed by atoms with Gasteiger partial charge in [-0.2, -0.15) is 0 Å². The van der Waals surface area contributed by atoms with Crippen molar-refractivity contribution in [2.24, 2.45) is 0 Å². The summed E-state index contributed by atoms with van der Waals surface area (Å²) in [5, 5.41) is 12.5. The second kappa shape index (κ2) is 8.49. The Morgan fingerprint density at radius 2 is 2.08 bits per heavy atom. The predicted molar refractivity (Wildman–Crippen MR) is 95.0 cm³/mol. The molecule has 0 aliphatic carbocycles. The molecule has 2 rings (SSSR count). The molecule has 1 aliphatic rings. The zero-order valence-corrected chi connectivity index (χ0v) is 15.0. The number of hydrogen-bond donors (Lipinski definition) is 2. The van der Waals surface area contributed by atoms with Gasteiger partial charge in [0.1, 0.15) is 5.60 Å². The van der Waals surface area contributed by atoms with Crippen LogP contribution in [0.5, 0.6) is 0 Å². The van der Waals surface area contributed by atoms with Gasteiger partial charge in [-0.3, -0.25) is 4.90 Å². The third kappa shape index (κ3) is 6.13. The van der Waals surface area contributed by atoms with Crippen molar-refractivity contribution in [2.75, 3.05) is 19.7 Å². The monoisotopic (exact) mass is 334 g/mol. The van der Waals surface area contributed by atoms with Gasteiger partial charge in [0.25, 0.3) is 0 Å². The molecule has 0 spiro atoms. The van der Waals surface area contributed by atoms with Crippen LogP contribution in [0.4, 0.5) is 4.79 Å². The van der Waals surface area contributed by atoms with Gasteiger partial charge in [-0.25, -0.2) is 4.79 Å². The van der Waals surface area contributed by atoms with Gasteiger partial charge in [-0.1, -0.05) is 30.3 Å². The molecule has 1 heterocycles. The molecule has 0 unspecified atom stereocenters. The zero-order valence-electron chi connectivity index (χ0n) is 15.0. The SMILES string of the molecule is CC(C)(C)OC(=O)N[C@@H](Cc1ccccc1)CN1CCC[C@H]1CO. The molecular formula is C19H30N2O3. The van der Waals surface area contributed by atoms with E-state index in [0.717, 1.165) is 32.4 Å². The molecule has 5 heteroatoms. The first kappa shape index (κ1) is 18.7. The van der Waals surface area contributed by atoms with Crippen LogP contribution in [0, 0.1) is 0 Å². The lowest BCUT2D eigenvalue weighted by atomic mass is 10.1. The summed E-state index contributed by atoms with van der Waals surface area (Å²) in [4.78, 5) is 14.5. The van der Waals surface area contributed by atoms with Gasteiger partial charge < -0.3 is 15.2 Å². The third-order valence-corrected chi connectivity index (χ3v) is 4.21. The van der Waals surface area contributed by atoms with Gasteiger partial charge in [-0.05, 0) is 52.1 Å². The number of aliphatic hydroxyl groups excluding tert-OH is 1. The van der Waals surface area contributed by atoms with Crippen molar-refractivity contribution in [2.45, 2.75) is 57.7 Å². The number of likely N-dealkylation sites (tertiary alicyclic amines) is 1. The first-order valence-corrected chi connectivity index (χ1v) is 8.76. The Kier molecular flexibility index (Phi) is 6.63. The topological polar surface area (TPSA) is 61.8 Å². The molecule has 1 aromatic carbocycles. The fourth-order valence-electron chi connectivity index (χ4n) is 3.16. The molecule has 0 saturated carbocycles. The smallest absolute Gasteiger partial charge is 0.407 e. The molecule has 1 fully saturated rings. The quantitative estimate of drug-likeness (QED) is 0.839. The second-order valence-electron chi connectivity index (χ2n) is 7.51. The fraction of sp³-hybridized carbons (Fsp3) is 0.632. The lowest BCUT2D eigenvalue weighted by Crippen LogP contribution is -2.48. The molecule has 1 aliphatic heterocycles. The summed E-state index contributed by atoms with van der Waals surface area (Å²) in [5.74, 6) is 0. The summed E-state index contributed by atoms with van der Waals surface area (Å²) in [6.45, 7) is 7.44. The summed E-state index contributed by atoms with van der Waals surface area (Å²) in [5.41, 5.74) is 0.668. The van der Waals surface area contributed by atoms with Crippen molar-refractivity contribution in [1.29, 1.82) is 0 Å². The van der Waals surface area contributed by atoms with Crippen molar-refractivity contribution in [3.63, 3.8) is 0 Å². The Morgan fingerprint density at radius 1 is 1.38 bits per heavy atom. The summed E-state index contributed by atoms with van der Waals surface area (Å²) in [6.07, 6.45) is 2.47. The minimum Gasteiger partial charge on any atom is -0.444 e. The van der Waals surface area contributed by atoms with Crippen molar-refractivity contribution in [3.8, 4) is 0 Å². The standard InChI is InChI=1S/C19H30N2O3/c1-19(2,3)24-18(23)20-16(12-15-8-5-4-6-9-15)13-21-11-7-10-17(21)14-22/h4-6,8-9,16-17,22H,7,10-14H2,1-3H3,(H,20,23)/t16-,17-/m0/s1. The molecule has 0 aromatic heterocycles. The lowest BCUT2D eigenvalue weighted by molar-refractivity contribution is 0.0484. The number of carbonyl (C=O) groups excluding carboxylic acids is 1. The van der Waals surface area contributed by atoms with Crippen LogP contribution in [-0.2, 0) is 11.2 Å². The number of benzene rings is 1. The molecular weight excluding hydrogens is 304 g/mol. The highest BCUT2D eigenvalue weighted by atomic mass is 16.6. The van der Waals surface area contributed by atoms with Gasteiger partial charge in [0.2, 0.25) is 0 Å². The number of aliphatic hydroxyl groups is 1. The average molecular weight is 334 g/mol. The third-order valence-electron chi connectivity index (χ3n) is 4.21. The number of nitrogens with zero attached hydrogens (tertiary/aromatic N) is 1. The van der Waals surface area contributed by atoms with E-state index in [2.05, 4.69) is 22.3 Å². The highest BCUT2D eigenvalue weighted by molar-refractivity contribution is 5.68. The molecule has 0 bridgehead atoms. The maximum atomic E-state index is 12.2. The van der Waals surface area contributed by atoms with Crippen LogP contribution < -0.4 is 5.32 Å². The molecule has 2 atom stereocenters. The van der Waals surface area contributed by atoms with Crippen LogP contribution in [0.1, 0.15) is 39.2 Å². The average Bonchev–Trinajstić information content (AvgIpc) is 2.93. The summed E-state index contributed by atoms with van der Waals surface area (Å²) >= 11 is 0. The maximum Gasteiger partial charge on any atom is 0.407 e. The first-order chi connectivity index (χ1) is 11.4. The summed E-state index contributed by atoms with van der Waals surface area (Å²) in [6, 6.07) is 10.3. The van der Waals surface area contributed by atoms with E-state index >= 15 is 0 Å². The largest absolute Gasteiger partial charge is 0.444 e. The van der Waals surface area contributed by atoms with E-state index in [4.69, 9.17) is 4.74 Å². The Hall–Kier alpha value is -1.59. The minimum absolute atomic E-state index is 0.0469. The zero-order chi connectivity index (χ0) is 17.6. The van der Waals surface area contributed by atoms with Gasteiger partial charge in [0, 0.05) is 18.6 Å². The van der Waals surface area contributed by atoms with E-state index in [-0.39, 0.29) is 24.8 Å². The van der Waals surface area contributed by atoms with E-state index in [9.17, 15) is 9.90 Å². The van der Waals surface area contributed by atoms with Gasteiger partial charge in [0.15, 0.2) is 0 Å². The van der Waals surface area contributed by atoms with Crippen molar-refractivity contribution < 1.29 is 14.6 Å². The van der Waals surface area contributed by atoms with E-state index in [0.29, 0.717) is 0 Å². The fourth-order valence-corrected chi connectivity index (χ4v) is 3.16. The first-order valence-electron chi connectivity index (χ1n) is 8.76. The minimum atomic E-state index is -0.511. The number of alkyl carbamates (subject to hydrolysis) is 1. The predicted octanol–water partition coefficient (Wildman–Crippen LogP) is 2.58. The van der Waals surface area contributed by atoms with Crippen LogP contribution in [0.25, 0.3) is 0 Å². The van der Waals surface area contributed by atoms with E-state index in [1.807, 2.05) is 39.0 Å². The molecule has 2 N–H and O–H groups in total. The van der Waals surface area contributed by atoms with Crippen molar-refractivity contribution in [1.82, 2.24) is 10.2 Å². The van der Waals surface area contributed by atoms with Crippen LogP contribution in [0.2, 0.25) is 0 Å². The number of carbonyl (C=O) groups is 1. The Balaban J connectivity index is 2.01. The van der Waals surface area contributed by atoms with Crippen molar-refractivity contribution >= 4 is 6.09 Å². The highest BCUT2D eigenvalue weighted by Gasteiger charge is 2.28.